The minimum atomic E-state index is -4.03. The molecule has 0 radical (unpaired) electrons. The van der Waals surface area contributed by atoms with Crippen molar-refractivity contribution in [2.45, 2.75) is 11.8 Å². The van der Waals surface area contributed by atoms with Crippen LogP contribution in [0.2, 0.25) is 15.1 Å². The summed E-state index contributed by atoms with van der Waals surface area (Å²) in [5.41, 5.74) is 1.34. The highest BCUT2D eigenvalue weighted by Crippen LogP contribution is 2.29. The smallest absolute Gasteiger partial charge is 0.264 e. The second-order valence-corrected chi connectivity index (χ2v) is 9.54. The Kier molecular flexibility index (Phi) is 6.93. The van der Waals surface area contributed by atoms with Gasteiger partial charge >= 0.3 is 0 Å². The minimum Gasteiger partial charge on any atom is -0.323 e. The molecule has 0 aliphatic carbocycles. The number of hydrogen-bond acceptors (Lipinski definition) is 3. The third-order valence-corrected chi connectivity index (χ3v) is 7.02. The van der Waals surface area contributed by atoms with E-state index in [1.807, 2.05) is 0 Å². The summed E-state index contributed by atoms with van der Waals surface area (Å²) in [6.45, 7) is 1.31. The number of benzene rings is 3. The lowest BCUT2D eigenvalue weighted by molar-refractivity contribution is -0.114. The average molecular weight is 484 g/mol. The van der Waals surface area contributed by atoms with E-state index in [9.17, 15) is 13.2 Å². The van der Waals surface area contributed by atoms with Crippen LogP contribution in [0.15, 0.2) is 71.6 Å². The Labute approximate surface area is 190 Å². The second kappa shape index (κ2) is 9.27. The lowest BCUT2D eigenvalue weighted by Crippen LogP contribution is -2.38. The first-order valence-electron chi connectivity index (χ1n) is 8.77. The number of aryl methyl sites for hydroxylation is 1. The van der Waals surface area contributed by atoms with Crippen molar-refractivity contribution in [2.75, 3.05) is 16.2 Å². The molecule has 9 heteroatoms. The maximum atomic E-state index is 13.3. The number of nitrogens with one attached hydrogen (secondary N) is 1. The van der Waals surface area contributed by atoms with Crippen LogP contribution in [0.3, 0.4) is 0 Å². The van der Waals surface area contributed by atoms with Crippen molar-refractivity contribution in [1.29, 1.82) is 0 Å². The Morgan fingerprint density at radius 1 is 0.933 bits per heavy atom. The number of halogens is 3. The molecule has 1 amide bonds. The first-order valence-corrected chi connectivity index (χ1v) is 11.3. The van der Waals surface area contributed by atoms with E-state index in [-0.39, 0.29) is 21.3 Å². The fourth-order valence-electron chi connectivity index (χ4n) is 2.69. The Morgan fingerprint density at radius 3 is 2.30 bits per heavy atom. The van der Waals surface area contributed by atoms with Crippen LogP contribution in [0.1, 0.15) is 5.56 Å². The van der Waals surface area contributed by atoms with E-state index in [2.05, 4.69) is 5.32 Å². The number of carbonyl (C=O) groups is 1. The van der Waals surface area contributed by atoms with Gasteiger partial charge in [0.15, 0.2) is 0 Å². The van der Waals surface area contributed by atoms with Gasteiger partial charge in [-0.25, -0.2) is 8.42 Å². The van der Waals surface area contributed by atoms with Gasteiger partial charge in [-0.2, -0.15) is 0 Å². The van der Waals surface area contributed by atoms with E-state index >= 15 is 0 Å². The SMILES string of the molecule is Cc1ccc(N(CC(=O)Nc2cc(Cl)ccc2Cl)S(=O)(=O)c2ccccc2)cc1Cl. The highest BCUT2D eigenvalue weighted by atomic mass is 35.5. The maximum Gasteiger partial charge on any atom is 0.264 e. The molecule has 0 aliphatic heterocycles. The molecule has 0 aliphatic rings. The van der Waals surface area contributed by atoms with E-state index in [1.165, 1.54) is 30.3 Å². The molecule has 0 bridgehead atoms. The highest BCUT2D eigenvalue weighted by Gasteiger charge is 2.27. The molecular weight excluding hydrogens is 467 g/mol. The van der Waals surface area contributed by atoms with Crippen LogP contribution in [0.5, 0.6) is 0 Å². The van der Waals surface area contributed by atoms with E-state index < -0.39 is 22.5 Å². The molecule has 0 heterocycles. The number of hydrogen-bond donors (Lipinski definition) is 1. The third kappa shape index (κ3) is 5.08. The van der Waals surface area contributed by atoms with E-state index in [1.54, 1.807) is 43.3 Å². The number of nitrogens with zero attached hydrogens (tertiary/aromatic N) is 1. The van der Waals surface area contributed by atoms with Gasteiger partial charge in [0.2, 0.25) is 5.91 Å². The van der Waals surface area contributed by atoms with Gasteiger partial charge in [0.25, 0.3) is 10.0 Å². The number of sulfonamides is 1. The van der Waals surface area contributed by atoms with Gasteiger partial charge in [-0.3, -0.25) is 9.10 Å². The maximum absolute atomic E-state index is 13.3. The van der Waals surface area contributed by atoms with Gasteiger partial charge in [-0.15, -0.1) is 0 Å². The largest absolute Gasteiger partial charge is 0.323 e. The van der Waals surface area contributed by atoms with Gasteiger partial charge in [0.05, 0.1) is 21.3 Å². The predicted molar refractivity (Wildman–Crippen MR) is 122 cm³/mol. The lowest BCUT2D eigenvalue weighted by atomic mass is 10.2. The van der Waals surface area contributed by atoms with Crippen molar-refractivity contribution in [3.63, 3.8) is 0 Å². The molecule has 0 spiro atoms. The van der Waals surface area contributed by atoms with Crippen molar-refractivity contribution in [1.82, 2.24) is 0 Å². The molecule has 3 rings (SSSR count). The molecule has 156 valence electrons. The van der Waals surface area contributed by atoms with Crippen LogP contribution in [0, 0.1) is 6.92 Å². The average Bonchev–Trinajstić information content (AvgIpc) is 2.71. The predicted octanol–water partition coefficient (Wildman–Crippen LogP) is 5.79. The van der Waals surface area contributed by atoms with Crippen molar-refractivity contribution in [3.8, 4) is 0 Å². The summed E-state index contributed by atoms with van der Waals surface area (Å²) in [7, 11) is -4.03. The third-order valence-electron chi connectivity index (χ3n) is 4.26. The monoisotopic (exact) mass is 482 g/mol. The number of anilines is 2. The van der Waals surface area contributed by atoms with Gasteiger partial charge in [-0.1, -0.05) is 59.1 Å². The Bertz CT molecular complexity index is 1190. The van der Waals surface area contributed by atoms with E-state index in [0.29, 0.717) is 10.0 Å². The van der Waals surface area contributed by atoms with Crippen LogP contribution in [0.4, 0.5) is 11.4 Å². The molecule has 0 aromatic heterocycles. The standard InChI is InChI=1S/C21H17Cl3N2O3S/c1-14-7-9-16(12-19(14)24)26(30(28,29)17-5-3-2-4-6-17)13-21(27)25-20-11-15(22)8-10-18(20)23/h2-12H,13H2,1H3,(H,25,27). The summed E-state index contributed by atoms with van der Waals surface area (Å²) in [4.78, 5) is 12.8. The zero-order chi connectivity index (χ0) is 21.9. The molecule has 0 saturated carbocycles. The molecule has 0 saturated heterocycles. The van der Waals surface area contributed by atoms with Crippen LogP contribution in [-0.4, -0.2) is 20.9 Å². The number of amides is 1. The number of rotatable bonds is 6. The topological polar surface area (TPSA) is 66.5 Å². The van der Waals surface area contributed by atoms with Crippen molar-refractivity contribution in [3.05, 3.63) is 87.4 Å². The molecule has 3 aromatic rings. The molecule has 30 heavy (non-hydrogen) atoms. The van der Waals surface area contributed by atoms with E-state index in [0.717, 1.165) is 9.87 Å². The zero-order valence-corrected chi connectivity index (χ0v) is 18.9. The first kappa shape index (κ1) is 22.4. The van der Waals surface area contributed by atoms with Gasteiger partial charge in [0, 0.05) is 10.0 Å². The quantitative estimate of drug-likeness (QED) is 0.482. The van der Waals surface area contributed by atoms with Crippen LogP contribution < -0.4 is 9.62 Å². The van der Waals surface area contributed by atoms with Crippen LogP contribution in [0.25, 0.3) is 0 Å². The summed E-state index contributed by atoms with van der Waals surface area (Å²) in [6, 6.07) is 17.3. The molecule has 3 aromatic carbocycles. The molecule has 5 nitrogen and oxygen atoms in total. The lowest BCUT2D eigenvalue weighted by Gasteiger charge is -2.24. The summed E-state index contributed by atoms with van der Waals surface area (Å²) >= 11 is 18.3. The summed E-state index contributed by atoms with van der Waals surface area (Å²) in [6.07, 6.45) is 0. The normalized spacial score (nSPS) is 11.2. The van der Waals surface area contributed by atoms with Gasteiger partial charge in [-0.05, 0) is 55.0 Å². The fourth-order valence-corrected chi connectivity index (χ4v) is 4.63. The molecule has 0 unspecified atom stereocenters. The Hall–Kier alpha value is -2.25. The highest BCUT2D eigenvalue weighted by molar-refractivity contribution is 7.92. The molecule has 0 fully saturated rings. The van der Waals surface area contributed by atoms with Crippen LogP contribution in [-0.2, 0) is 14.8 Å². The van der Waals surface area contributed by atoms with E-state index in [4.69, 9.17) is 34.8 Å². The van der Waals surface area contributed by atoms with Crippen molar-refractivity contribution in [2.24, 2.45) is 0 Å². The number of carbonyl (C=O) groups excluding carboxylic acids is 1. The Morgan fingerprint density at radius 2 is 1.63 bits per heavy atom. The molecular formula is C21H17Cl3N2O3S. The van der Waals surface area contributed by atoms with Crippen molar-refractivity contribution < 1.29 is 13.2 Å². The minimum absolute atomic E-state index is 0.0512. The van der Waals surface area contributed by atoms with Gasteiger partial charge in [0.1, 0.15) is 6.54 Å². The van der Waals surface area contributed by atoms with Crippen molar-refractivity contribution >= 4 is 62.1 Å². The summed E-state index contributed by atoms with van der Waals surface area (Å²) in [5, 5.41) is 3.66. The summed E-state index contributed by atoms with van der Waals surface area (Å²) < 4.78 is 27.6. The van der Waals surface area contributed by atoms with Gasteiger partial charge < -0.3 is 5.32 Å². The summed E-state index contributed by atoms with van der Waals surface area (Å²) in [5.74, 6) is -0.588. The van der Waals surface area contributed by atoms with Crippen LogP contribution >= 0.6 is 34.8 Å². The molecule has 1 N–H and O–H groups in total. The Balaban J connectivity index is 1.98. The second-order valence-electron chi connectivity index (χ2n) is 6.43. The first-order chi connectivity index (χ1) is 14.2. The fraction of sp³-hybridized carbons (Fsp3) is 0.0952. The molecule has 0 atom stereocenters. The zero-order valence-electron chi connectivity index (χ0n) is 15.8.